The molecule has 2 aromatic rings. The third-order valence-corrected chi connectivity index (χ3v) is 5.02. The molecule has 7 nitrogen and oxygen atoms in total. The normalized spacial score (nSPS) is 18.2. The molecule has 136 valence electrons. The lowest BCUT2D eigenvalue weighted by Gasteiger charge is -2.17. The number of rotatable bonds is 5. The molecule has 4 rings (SSSR count). The standard InChI is InChI=1S/C19H24N6O/c26-19(24-14-5-3-1-2-4-6-14)17-18(23-15-9-20-12-21-10-15)22-11-16(25-17)13-7-8-13/h9-14H,1-8H2,(H,22,23)(H,24,26). The zero-order valence-corrected chi connectivity index (χ0v) is 14.8. The first-order chi connectivity index (χ1) is 12.8. The molecular formula is C19H24N6O. The van der Waals surface area contributed by atoms with E-state index in [0.29, 0.717) is 23.1 Å². The highest BCUT2D eigenvalue weighted by Gasteiger charge is 2.28. The molecule has 2 aromatic heterocycles. The van der Waals surface area contributed by atoms with E-state index in [9.17, 15) is 4.79 Å². The molecule has 2 heterocycles. The molecule has 0 spiro atoms. The molecular weight excluding hydrogens is 328 g/mol. The summed E-state index contributed by atoms with van der Waals surface area (Å²) in [6, 6.07) is 0.226. The van der Waals surface area contributed by atoms with E-state index in [4.69, 9.17) is 0 Å². The minimum absolute atomic E-state index is 0.147. The van der Waals surface area contributed by atoms with E-state index >= 15 is 0 Å². The minimum Gasteiger partial charge on any atom is -0.348 e. The lowest BCUT2D eigenvalue weighted by atomic mass is 10.1. The van der Waals surface area contributed by atoms with Crippen molar-refractivity contribution in [2.75, 3.05) is 5.32 Å². The highest BCUT2D eigenvalue weighted by atomic mass is 16.2. The SMILES string of the molecule is O=C(NC1CCCCCC1)c1nc(C2CC2)cnc1Nc1cncnc1. The van der Waals surface area contributed by atoms with Crippen LogP contribution in [-0.2, 0) is 0 Å². The van der Waals surface area contributed by atoms with E-state index in [-0.39, 0.29) is 11.9 Å². The van der Waals surface area contributed by atoms with Crippen molar-refractivity contribution < 1.29 is 4.79 Å². The Bertz CT molecular complexity index is 754. The lowest BCUT2D eigenvalue weighted by Crippen LogP contribution is -2.35. The van der Waals surface area contributed by atoms with Gasteiger partial charge in [0, 0.05) is 12.0 Å². The molecule has 0 bridgehead atoms. The summed E-state index contributed by atoms with van der Waals surface area (Å²) >= 11 is 0. The molecule has 2 saturated carbocycles. The average molecular weight is 352 g/mol. The monoisotopic (exact) mass is 352 g/mol. The molecule has 2 aliphatic carbocycles. The van der Waals surface area contributed by atoms with Crippen LogP contribution in [0.1, 0.15) is 73.5 Å². The number of anilines is 2. The second-order valence-corrected chi connectivity index (χ2v) is 7.18. The second kappa shape index (κ2) is 7.76. The fourth-order valence-electron chi connectivity index (χ4n) is 3.41. The van der Waals surface area contributed by atoms with Gasteiger partial charge in [-0.2, -0.15) is 0 Å². The van der Waals surface area contributed by atoms with Crippen molar-refractivity contribution >= 4 is 17.4 Å². The van der Waals surface area contributed by atoms with Crippen LogP contribution in [0.5, 0.6) is 0 Å². The summed E-state index contributed by atoms with van der Waals surface area (Å²) in [6.07, 6.45) is 15.7. The summed E-state index contributed by atoms with van der Waals surface area (Å²) in [6.45, 7) is 0. The first-order valence-corrected chi connectivity index (χ1v) is 9.49. The van der Waals surface area contributed by atoms with Crippen LogP contribution in [0.25, 0.3) is 0 Å². The lowest BCUT2D eigenvalue weighted by molar-refractivity contribution is 0.0928. The van der Waals surface area contributed by atoms with Gasteiger partial charge in [0.15, 0.2) is 11.5 Å². The third kappa shape index (κ3) is 4.15. The molecule has 2 N–H and O–H groups in total. The molecule has 0 aliphatic heterocycles. The Balaban J connectivity index is 1.56. The molecule has 0 unspecified atom stereocenters. The van der Waals surface area contributed by atoms with Crippen LogP contribution in [0.3, 0.4) is 0 Å². The van der Waals surface area contributed by atoms with Gasteiger partial charge in [-0.3, -0.25) is 4.79 Å². The van der Waals surface area contributed by atoms with E-state index in [0.717, 1.165) is 31.4 Å². The number of carbonyl (C=O) groups excluding carboxylic acids is 1. The predicted molar refractivity (Wildman–Crippen MR) is 98.3 cm³/mol. The van der Waals surface area contributed by atoms with Gasteiger partial charge in [-0.25, -0.2) is 19.9 Å². The summed E-state index contributed by atoms with van der Waals surface area (Å²) < 4.78 is 0. The summed E-state index contributed by atoms with van der Waals surface area (Å²) in [5.74, 6) is 0.752. The van der Waals surface area contributed by atoms with Crippen LogP contribution < -0.4 is 10.6 Å². The molecule has 0 atom stereocenters. The van der Waals surface area contributed by atoms with Gasteiger partial charge in [0.05, 0.1) is 30.0 Å². The zero-order chi connectivity index (χ0) is 17.8. The Kier molecular flexibility index (Phi) is 5.04. The number of amides is 1. The van der Waals surface area contributed by atoms with Gasteiger partial charge in [-0.15, -0.1) is 0 Å². The fraction of sp³-hybridized carbons (Fsp3) is 0.526. The summed E-state index contributed by atoms with van der Waals surface area (Å²) in [5.41, 5.74) is 1.96. The molecule has 0 radical (unpaired) electrons. The number of nitrogens with zero attached hydrogens (tertiary/aromatic N) is 4. The van der Waals surface area contributed by atoms with Crippen molar-refractivity contribution in [3.63, 3.8) is 0 Å². The first-order valence-electron chi connectivity index (χ1n) is 9.49. The number of carbonyl (C=O) groups is 1. The Hall–Kier alpha value is -2.57. The van der Waals surface area contributed by atoms with E-state index in [1.807, 2.05) is 0 Å². The van der Waals surface area contributed by atoms with Crippen LogP contribution in [0.15, 0.2) is 24.9 Å². The predicted octanol–water partition coefficient (Wildman–Crippen LogP) is 3.34. The van der Waals surface area contributed by atoms with Crippen molar-refractivity contribution in [3.8, 4) is 0 Å². The quantitative estimate of drug-likeness (QED) is 0.802. The first kappa shape index (κ1) is 16.9. The molecule has 7 heteroatoms. The Morgan fingerprint density at radius 3 is 2.38 bits per heavy atom. The van der Waals surface area contributed by atoms with Crippen molar-refractivity contribution in [2.45, 2.75) is 63.3 Å². The maximum Gasteiger partial charge on any atom is 0.273 e. The van der Waals surface area contributed by atoms with E-state index in [1.165, 1.54) is 32.0 Å². The largest absolute Gasteiger partial charge is 0.348 e. The highest BCUT2D eigenvalue weighted by Crippen LogP contribution is 2.39. The van der Waals surface area contributed by atoms with E-state index < -0.39 is 0 Å². The number of nitrogens with one attached hydrogen (secondary N) is 2. The van der Waals surface area contributed by atoms with Crippen LogP contribution in [0.4, 0.5) is 11.5 Å². The maximum absolute atomic E-state index is 12.9. The van der Waals surface area contributed by atoms with Gasteiger partial charge < -0.3 is 10.6 Å². The summed E-state index contributed by atoms with van der Waals surface area (Å²) in [5, 5.41) is 6.31. The van der Waals surface area contributed by atoms with Crippen LogP contribution in [0, 0.1) is 0 Å². The van der Waals surface area contributed by atoms with Gasteiger partial charge in [0.1, 0.15) is 6.33 Å². The van der Waals surface area contributed by atoms with Gasteiger partial charge >= 0.3 is 0 Å². The van der Waals surface area contributed by atoms with E-state index in [2.05, 4.69) is 30.6 Å². The van der Waals surface area contributed by atoms with Crippen LogP contribution >= 0.6 is 0 Å². The van der Waals surface area contributed by atoms with Crippen molar-refractivity contribution in [1.29, 1.82) is 0 Å². The number of hydrogen-bond acceptors (Lipinski definition) is 6. The zero-order valence-electron chi connectivity index (χ0n) is 14.8. The number of hydrogen-bond donors (Lipinski definition) is 2. The molecule has 0 aromatic carbocycles. The summed E-state index contributed by atoms with van der Waals surface area (Å²) in [7, 11) is 0. The highest BCUT2D eigenvalue weighted by molar-refractivity contribution is 5.97. The second-order valence-electron chi connectivity index (χ2n) is 7.18. The minimum atomic E-state index is -0.147. The molecule has 1 amide bonds. The summed E-state index contributed by atoms with van der Waals surface area (Å²) in [4.78, 5) is 30.1. The average Bonchev–Trinajstić information content (AvgIpc) is 3.51. The van der Waals surface area contributed by atoms with Gasteiger partial charge in [0.2, 0.25) is 0 Å². The van der Waals surface area contributed by atoms with Crippen LogP contribution in [0.2, 0.25) is 0 Å². The van der Waals surface area contributed by atoms with Gasteiger partial charge in [-0.05, 0) is 25.7 Å². The number of aromatic nitrogens is 4. The Morgan fingerprint density at radius 2 is 1.69 bits per heavy atom. The van der Waals surface area contributed by atoms with Crippen molar-refractivity contribution in [2.24, 2.45) is 0 Å². The fourth-order valence-corrected chi connectivity index (χ4v) is 3.41. The molecule has 0 saturated heterocycles. The topological polar surface area (TPSA) is 92.7 Å². The Labute approximate surface area is 153 Å². The van der Waals surface area contributed by atoms with Crippen molar-refractivity contribution in [3.05, 3.63) is 36.3 Å². The van der Waals surface area contributed by atoms with E-state index in [1.54, 1.807) is 18.6 Å². The maximum atomic E-state index is 12.9. The molecule has 2 aliphatic rings. The van der Waals surface area contributed by atoms with Gasteiger partial charge in [-0.1, -0.05) is 25.7 Å². The molecule has 2 fully saturated rings. The molecule has 26 heavy (non-hydrogen) atoms. The van der Waals surface area contributed by atoms with Gasteiger partial charge in [0.25, 0.3) is 5.91 Å². The van der Waals surface area contributed by atoms with Crippen molar-refractivity contribution in [1.82, 2.24) is 25.3 Å². The third-order valence-electron chi connectivity index (χ3n) is 5.02. The van der Waals surface area contributed by atoms with Crippen LogP contribution in [-0.4, -0.2) is 31.9 Å². The smallest absolute Gasteiger partial charge is 0.273 e. The Morgan fingerprint density at radius 1 is 0.962 bits per heavy atom.